The lowest BCUT2D eigenvalue weighted by atomic mass is 10.1. The van der Waals surface area contributed by atoms with Gasteiger partial charge in [0.15, 0.2) is 5.82 Å². The number of hydrogen-bond acceptors (Lipinski definition) is 13. The Morgan fingerprint density at radius 2 is 0.742 bits per heavy atom. The molecule has 0 radical (unpaired) electrons. The van der Waals surface area contributed by atoms with Gasteiger partial charge in [-0.2, -0.15) is 30.4 Å². The van der Waals surface area contributed by atoms with Crippen LogP contribution in [0.25, 0.3) is 17.5 Å². The van der Waals surface area contributed by atoms with E-state index in [0.717, 1.165) is 108 Å². The molecule has 0 saturated carbocycles. The molecule has 0 aliphatic heterocycles. The molecule has 320 valence electrons. The monoisotopic (exact) mass is 835 g/mol. The second-order valence-corrected chi connectivity index (χ2v) is 14.1. The molecular weight excluding hydrogens is 783 g/mol. The Kier molecular flexibility index (Phi) is 17.8. The molecule has 1 aromatic heterocycles. The third-order valence-corrected chi connectivity index (χ3v) is 9.46. The van der Waals surface area contributed by atoms with Gasteiger partial charge in [-0.05, 0) is 154 Å². The number of benzene rings is 5. The maximum absolute atomic E-state index is 6.01. The van der Waals surface area contributed by atoms with Crippen molar-refractivity contribution in [3.8, 4) is 46.4 Å². The summed E-state index contributed by atoms with van der Waals surface area (Å²) in [5.74, 6) is 3.66. The summed E-state index contributed by atoms with van der Waals surface area (Å²) < 4.78 is 34.3. The molecule has 0 aliphatic rings. The van der Waals surface area contributed by atoms with Crippen LogP contribution in [0.4, 0.5) is 22.7 Å². The highest BCUT2D eigenvalue weighted by Crippen LogP contribution is 2.26. The Hall–Kier alpha value is -7.15. The van der Waals surface area contributed by atoms with Crippen LogP contribution in [0.1, 0.15) is 56.9 Å². The predicted molar refractivity (Wildman–Crippen MR) is 241 cm³/mol. The van der Waals surface area contributed by atoms with E-state index in [1.54, 1.807) is 20.3 Å². The number of unbranched alkanes of at least 4 members (excludes halogenated alkanes) is 6. The van der Waals surface area contributed by atoms with E-state index < -0.39 is 0 Å². The summed E-state index contributed by atoms with van der Waals surface area (Å²) in [5.41, 5.74) is 4.87. The highest BCUT2D eigenvalue weighted by Gasteiger charge is 2.11. The number of aromatic nitrogens is 3. The van der Waals surface area contributed by atoms with E-state index in [1.165, 1.54) is 0 Å². The molecule has 5 aromatic carbocycles. The van der Waals surface area contributed by atoms with Gasteiger partial charge in [-0.3, -0.25) is 0 Å². The number of ether oxygens (including phenoxy) is 6. The van der Waals surface area contributed by atoms with Crippen LogP contribution in [0.3, 0.4) is 0 Å². The summed E-state index contributed by atoms with van der Waals surface area (Å²) in [4.78, 5) is 13.7. The Morgan fingerprint density at radius 3 is 1.08 bits per heavy atom. The predicted octanol–water partition coefficient (Wildman–Crippen LogP) is 13.1. The molecule has 6 rings (SSSR count). The fourth-order valence-corrected chi connectivity index (χ4v) is 5.93. The van der Waals surface area contributed by atoms with Gasteiger partial charge < -0.3 is 28.4 Å². The van der Waals surface area contributed by atoms with Gasteiger partial charge in [0.25, 0.3) is 0 Å². The van der Waals surface area contributed by atoms with Crippen LogP contribution in [-0.2, 0) is 0 Å². The molecule has 0 saturated heterocycles. The minimum absolute atomic E-state index is 0.249. The van der Waals surface area contributed by atoms with Crippen molar-refractivity contribution in [2.24, 2.45) is 20.5 Å². The normalized spacial score (nSPS) is 11.1. The highest BCUT2D eigenvalue weighted by molar-refractivity contribution is 5.59. The van der Waals surface area contributed by atoms with E-state index in [0.29, 0.717) is 32.3 Å². The zero-order chi connectivity index (χ0) is 43.0. The van der Waals surface area contributed by atoms with Gasteiger partial charge in [0.2, 0.25) is 0 Å². The molecule has 13 heteroatoms. The summed E-state index contributed by atoms with van der Waals surface area (Å²) in [7, 11) is 3.27. The van der Waals surface area contributed by atoms with E-state index in [2.05, 4.69) is 42.0 Å². The lowest BCUT2D eigenvalue weighted by Crippen LogP contribution is -2.08. The summed E-state index contributed by atoms with van der Waals surface area (Å²) in [5, 5.41) is 17.1. The molecule has 0 atom stereocenters. The largest absolute Gasteiger partial charge is 0.497 e. The Labute approximate surface area is 363 Å². The average molecular weight is 836 g/mol. The second-order valence-electron chi connectivity index (χ2n) is 14.1. The van der Waals surface area contributed by atoms with Crippen molar-refractivity contribution in [2.75, 3.05) is 40.6 Å². The molecule has 0 spiro atoms. The fraction of sp³-hybridized carbons (Fsp3) is 0.286. The summed E-state index contributed by atoms with van der Waals surface area (Å²) >= 11 is 0. The number of hydrogen-bond donors (Lipinski definition) is 0. The maximum Gasteiger partial charge on any atom is 0.323 e. The van der Waals surface area contributed by atoms with Gasteiger partial charge in [0.1, 0.15) is 23.0 Å². The van der Waals surface area contributed by atoms with Crippen molar-refractivity contribution in [2.45, 2.75) is 51.4 Å². The van der Waals surface area contributed by atoms with Crippen LogP contribution >= 0.6 is 0 Å². The SMILES string of the molecule is C=Cc1ccc(-c2nc(OCCCCCCOc3ccc(N=Nc4ccc(OC)cc4)cc3)nc(OCCCCCCOc3ccc(N=Nc4ccc(OC)cc4)cc3)n2)cc1. The third-order valence-electron chi connectivity index (χ3n) is 9.46. The number of nitrogens with zero attached hydrogens (tertiary/aromatic N) is 7. The first kappa shape index (κ1) is 44.4. The molecule has 0 unspecified atom stereocenters. The van der Waals surface area contributed by atoms with Crippen LogP contribution in [0.5, 0.6) is 35.0 Å². The standard InChI is InChI=1S/C49H53N7O6/c1-4-37-13-15-38(16-14-37)47-50-48(61-35-11-7-5-9-33-59-45-29-21-41(22-30-45)55-53-39-17-25-43(57-2)26-18-39)52-49(51-47)62-36-12-8-6-10-34-60-46-31-23-42(24-32-46)56-54-40-19-27-44(58-3)28-20-40/h4,13-32H,1,5-12,33-36H2,2-3H3. The van der Waals surface area contributed by atoms with Gasteiger partial charge in [-0.25, -0.2) is 0 Å². The topological polar surface area (TPSA) is 143 Å². The number of azo groups is 2. The van der Waals surface area contributed by atoms with Crippen molar-refractivity contribution >= 4 is 28.8 Å². The minimum atomic E-state index is 0.249. The van der Waals surface area contributed by atoms with Gasteiger partial charge in [0, 0.05) is 5.56 Å². The molecule has 0 aliphatic carbocycles. The van der Waals surface area contributed by atoms with Crippen LogP contribution in [0.2, 0.25) is 0 Å². The smallest absolute Gasteiger partial charge is 0.323 e. The second kappa shape index (κ2) is 24.8. The average Bonchev–Trinajstić information content (AvgIpc) is 3.33. The number of methoxy groups -OCH3 is 2. The van der Waals surface area contributed by atoms with Crippen molar-refractivity contribution in [3.05, 3.63) is 133 Å². The van der Waals surface area contributed by atoms with Crippen LogP contribution in [0.15, 0.2) is 148 Å². The molecule has 0 bridgehead atoms. The first-order chi connectivity index (χ1) is 30.6. The number of rotatable bonds is 26. The molecule has 0 amide bonds. The van der Waals surface area contributed by atoms with Crippen molar-refractivity contribution in [1.82, 2.24) is 15.0 Å². The van der Waals surface area contributed by atoms with Crippen LogP contribution < -0.4 is 28.4 Å². The molecule has 1 heterocycles. The van der Waals surface area contributed by atoms with Crippen molar-refractivity contribution in [3.63, 3.8) is 0 Å². The zero-order valence-corrected chi connectivity index (χ0v) is 35.4. The quantitative estimate of drug-likeness (QED) is 0.0385. The summed E-state index contributed by atoms with van der Waals surface area (Å²) in [6.07, 6.45) is 9.32. The molecule has 0 N–H and O–H groups in total. The van der Waals surface area contributed by atoms with Crippen LogP contribution in [-0.4, -0.2) is 55.6 Å². The van der Waals surface area contributed by atoms with E-state index in [4.69, 9.17) is 28.4 Å². The molecule has 13 nitrogen and oxygen atoms in total. The van der Waals surface area contributed by atoms with E-state index in [-0.39, 0.29) is 12.0 Å². The highest BCUT2D eigenvalue weighted by atomic mass is 16.5. The van der Waals surface area contributed by atoms with Crippen LogP contribution in [0, 0.1) is 0 Å². The lowest BCUT2D eigenvalue weighted by molar-refractivity contribution is 0.249. The van der Waals surface area contributed by atoms with E-state index >= 15 is 0 Å². The van der Waals surface area contributed by atoms with Gasteiger partial charge >= 0.3 is 12.0 Å². The van der Waals surface area contributed by atoms with E-state index in [1.807, 2.05) is 121 Å². The first-order valence-corrected chi connectivity index (χ1v) is 20.9. The molecular formula is C49H53N7O6. The van der Waals surface area contributed by atoms with Crippen molar-refractivity contribution in [1.29, 1.82) is 0 Å². The Balaban J connectivity index is 0.864. The fourth-order valence-electron chi connectivity index (χ4n) is 5.93. The summed E-state index contributed by atoms with van der Waals surface area (Å²) in [6.45, 7) is 6.06. The van der Waals surface area contributed by atoms with E-state index in [9.17, 15) is 0 Å². The summed E-state index contributed by atoms with van der Waals surface area (Å²) in [6, 6.07) is 38.4. The minimum Gasteiger partial charge on any atom is -0.497 e. The van der Waals surface area contributed by atoms with Gasteiger partial charge in [-0.1, -0.05) is 36.9 Å². The van der Waals surface area contributed by atoms with Gasteiger partial charge in [-0.15, -0.1) is 4.98 Å². The third kappa shape index (κ3) is 15.1. The Bertz CT molecular complexity index is 2150. The maximum atomic E-state index is 6.01. The molecule has 62 heavy (non-hydrogen) atoms. The molecule has 6 aromatic rings. The zero-order valence-electron chi connectivity index (χ0n) is 35.4. The van der Waals surface area contributed by atoms with Crippen molar-refractivity contribution < 1.29 is 28.4 Å². The first-order valence-electron chi connectivity index (χ1n) is 20.9. The van der Waals surface area contributed by atoms with Gasteiger partial charge in [0.05, 0.1) is 63.4 Å². The Morgan fingerprint density at radius 1 is 0.403 bits per heavy atom. The molecule has 0 fully saturated rings. The lowest BCUT2D eigenvalue weighted by Gasteiger charge is -2.10.